The number of carbonyl (C=O) groups is 1. The standard InChI is InChI=1S/C12H12N2O4S2/c1-14(20(17,18)11-3-2-6-19-11)10-5-4-8(12(15)16)7-9(10)13/h2-7H,13H2,1H3,(H,15,16). The van der Waals surface area contributed by atoms with E-state index >= 15 is 0 Å². The Morgan fingerprint density at radius 3 is 2.55 bits per heavy atom. The van der Waals surface area contributed by atoms with Crippen LogP contribution in [0, 0.1) is 0 Å². The summed E-state index contributed by atoms with van der Waals surface area (Å²) in [5, 5.41) is 10.5. The zero-order chi connectivity index (χ0) is 14.9. The Morgan fingerprint density at radius 1 is 1.35 bits per heavy atom. The number of hydrogen-bond acceptors (Lipinski definition) is 5. The van der Waals surface area contributed by atoms with E-state index in [0.29, 0.717) is 0 Å². The van der Waals surface area contributed by atoms with Gasteiger partial charge in [-0.3, -0.25) is 4.31 Å². The van der Waals surface area contributed by atoms with Crippen LogP contribution in [-0.4, -0.2) is 26.5 Å². The second-order valence-corrected chi connectivity index (χ2v) is 7.13. The number of sulfonamides is 1. The van der Waals surface area contributed by atoms with Gasteiger partial charge >= 0.3 is 5.97 Å². The highest BCUT2D eigenvalue weighted by molar-refractivity contribution is 7.94. The molecule has 1 heterocycles. The Bertz CT molecular complexity index is 739. The smallest absolute Gasteiger partial charge is 0.335 e. The predicted molar refractivity (Wildman–Crippen MR) is 77.7 cm³/mol. The number of nitrogen functional groups attached to an aromatic ring is 1. The summed E-state index contributed by atoms with van der Waals surface area (Å²) in [4.78, 5) is 10.8. The molecule has 0 aliphatic carbocycles. The molecule has 6 nitrogen and oxygen atoms in total. The van der Waals surface area contributed by atoms with E-state index < -0.39 is 16.0 Å². The normalized spacial score (nSPS) is 11.2. The SMILES string of the molecule is CN(c1ccc(C(=O)O)cc1N)S(=O)(=O)c1cccs1. The molecule has 0 spiro atoms. The van der Waals surface area contributed by atoms with Gasteiger partial charge in [-0.2, -0.15) is 0 Å². The van der Waals surface area contributed by atoms with Crippen LogP contribution in [0.5, 0.6) is 0 Å². The number of thiophene rings is 1. The summed E-state index contributed by atoms with van der Waals surface area (Å²) in [5.41, 5.74) is 6.08. The molecule has 0 atom stereocenters. The van der Waals surface area contributed by atoms with Gasteiger partial charge in [0.15, 0.2) is 0 Å². The van der Waals surface area contributed by atoms with Crippen molar-refractivity contribution in [1.82, 2.24) is 0 Å². The van der Waals surface area contributed by atoms with Crippen molar-refractivity contribution in [3.63, 3.8) is 0 Å². The topological polar surface area (TPSA) is 101 Å². The van der Waals surface area contributed by atoms with Gasteiger partial charge < -0.3 is 10.8 Å². The molecule has 1 aromatic carbocycles. The summed E-state index contributed by atoms with van der Waals surface area (Å²) in [6, 6.07) is 7.07. The minimum Gasteiger partial charge on any atom is -0.478 e. The number of aromatic carboxylic acids is 1. The quantitative estimate of drug-likeness (QED) is 0.839. The molecule has 106 valence electrons. The van der Waals surface area contributed by atoms with E-state index in [1.165, 1.54) is 31.3 Å². The van der Waals surface area contributed by atoms with Gasteiger partial charge in [-0.05, 0) is 29.6 Å². The average Bonchev–Trinajstić information content (AvgIpc) is 2.92. The molecule has 0 amide bonds. The first kappa shape index (κ1) is 14.4. The molecule has 0 aliphatic heterocycles. The number of carboxylic acid groups (broad SMARTS) is 1. The highest BCUT2D eigenvalue weighted by Crippen LogP contribution is 2.29. The summed E-state index contributed by atoms with van der Waals surface area (Å²) in [7, 11) is -2.30. The average molecular weight is 312 g/mol. The zero-order valence-electron chi connectivity index (χ0n) is 10.5. The van der Waals surface area contributed by atoms with Gasteiger partial charge in [0.2, 0.25) is 0 Å². The molecule has 1 aromatic heterocycles. The van der Waals surface area contributed by atoms with Crippen molar-refractivity contribution in [2.24, 2.45) is 0 Å². The van der Waals surface area contributed by atoms with E-state index in [9.17, 15) is 13.2 Å². The third-order valence-electron chi connectivity index (χ3n) is 2.72. The fourth-order valence-corrected chi connectivity index (χ4v) is 4.03. The van der Waals surface area contributed by atoms with E-state index in [4.69, 9.17) is 10.8 Å². The van der Waals surface area contributed by atoms with Gasteiger partial charge in [0.05, 0.1) is 16.9 Å². The molecule has 0 fully saturated rings. The molecule has 0 aliphatic rings. The lowest BCUT2D eigenvalue weighted by Crippen LogP contribution is -2.26. The van der Waals surface area contributed by atoms with Crippen LogP contribution in [0.4, 0.5) is 11.4 Å². The Morgan fingerprint density at radius 2 is 2.05 bits per heavy atom. The van der Waals surface area contributed by atoms with Crippen LogP contribution in [-0.2, 0) is 10.0 Å². The van der Waals surface area contributed by atoms with Crippen molar-refractivity contribution in [2.45, 2.75) is 4.21 Å². The van der Waals surface area contributed by atoms with Crippen LogP contribution < -0.4 is 10.0 Å². The number of carboxylic acids is 1. The highest BCUT2D eigenvalue weighted by Gasteiger charge is 2.24. The van der Waals surface area contributed by atoms with Gasteiger partial charge in [-0.15, -0.1) is 11.3 Å². The fraction of sp³-hybridized carbons (Fsp3) is 0.0833. The zero-order valence-corrected chi connectivity index (χ0v) is 12.1. The maximum absolute atomic E-state index is 12.3. The molecule has 2 aromatic rings. The molecular formula is C12H12N2O4S2. The van der Waals surface area contributed by atoms with E-state index in [1.54, 1.807) is 11.4 Å². The van der Waals surface area contributed by atoms with Crippen LogP contribution in [0.1, 0.15) is 10.4 Å². The summed E-state index contributed by atoms with van der Waals surface area (Å²) >= 11 is 1.10. The first-order valence-electron chi connectivity index (χ1n) is 5.49. The summed E-state index contributed by atoms with van der Waals surface area (Å²) in [6.45, 7) is 0. The van der Waals surface area contributed by atoms with Crippen LogP contribution in [0.2, 0.25) is 0 Å². The second-order valence-electron chi connectivity index (χ2n) is 3.98. The Balaban J connectivity index is 2.44. The first-order valence-corrected chi connectivity index (χ1v) is 7.81. The van der Waals surface area contributed by atoms with Crippen LogP contribution in [0.25, 0.3) is 0 Å². The first-order chi connectivity index (χ1) is 9.34. The van der Waals surface area contributed by atoms with Crippen molar-refractivity contribution >= 4 is 38.7 Å². The Labute approximate surface area is 120 Å². The minimum absolute atomic E-state index is 0.00757. The highest BCUT2D eigenvalue weighted by atomic mass is 32.2. The van der Waals surface area contributed by atoms with E-state index in [0.717, 1.165) is 15.6 Å². The molecule has 0 radical (unpaired) electrons. The van der Waals surface area contributed by atoms with Gasteiger partial charge in [0, 0.05) is 7.05 Å². The number of benzene rings is 1. The lowest BCUT2D eigenvalue weighted by Gasteiger charge is -2.20. The van der Waals surface area contributed by atoms with Crippen LogP contribution >= 0.6 is 11.3 Å². The second kappa shape index (κ2) is 5.14. The molecule has 3 N–H and O–H groups in total. The van der Waals surface area contributed by atoms with Crippen LogP contribution in [0.3, 0.4) is 0 Å². The number of nitrogens with two attached hydrogens (primary N) is 1. The molecular weight excluding hydrogens is 300 g/mol. The van der Waals surface area contributed by atoms with Crippen molar-refractivity contribution in [3.05, 3.63) is 41.3 Å². The summed E-state index contributed by atoms with van der Waals surface area (Å²) in [6.07, 6.45) is 0. The third-order valence-corrected chi connectivity index (χ3v) is 5.87. The van der Waals surface area contributed by atoms with Gasteiger partial charge in [0.1, 0.15) is 4.21 Å². The van der Waals surface area contributed by atoms with Gasteiger partial charge in [0.25, 0.3) is 10.0 Å². The van der Waals surface area contributed by atoms with Crippen LogP contribution in [0.15, 0.2) is 39.9 Å². The summed E-state index contributed by atoms with van der Waals surface area (Å²) < 4.78 is 25.9. The molecule has 0 unspecified atom stereocenters. The Hall–Kier alpha value is -2.06. The number of anilines is 2. The molecule has 0 saturated heterocycles. The number of nitrogens with zero attached hydrogens (tertiary/aromatic N) is 1. The minimum atomic E-state index is -3.68. The lowest BCUT2D eigenvalue weighted by molar-refractivity contribution is 0.0697. The lowest BCUT2D eigenvalue weighted by atomic mass is 10.2. The van der Waals surface area contributed by atoms with E-state index in [1.807, 2.05) is 0 Å². The molecule has 20 heavy (non-hydrogen) atoms. The van der Waals surface area contributed by atoms with E-state index in [2.05, 4.69) is 0 Å². The maximum atomic E-state index is 12.3. The third kappa shape index (κ3) is 2.47. The number of hydrogen-bond donors (Lipinski definition) is 2. The van der Waals surface area contributed by atoms with Crippen molar-refractivity contribution in [2.75, 3.05) is 17.1 Å². The maximum Gasteiger partial charge on any atom is 0.335 e. The monoisotopic (exact) mass is 312 g/mol. The molecule has 8 heteroatoms. The van der Waals surface area contributed by atoms with Gasteiger partial charge in [-0.1, -0.05) is 6.07 Å². The number of rotatable bonds is 4. The molecule has 2 rings (SSSR count). The largest absolute Gasteiger partial charge is 0.478 e. The Kier molecular flexibility index (Phi) is 3.69. The van der Waals surface area contributed by atoms with Crippen molar-refractivity contribution in [1.29, 1.82) is 0 Å². The van der Waals surface area contributed by atoms with Crippen molar-refractivity contribution < 1.29 is 18.3 Å². The fourth-order valence-electron chi connectivity index (χ4n) is 1.65. The molecule has 0 saturated carbocycles. The van der Waals surface area contributed by atoms with Crippen molar-refractivity contribution in [3.8, 4) is 0 Å². The summed E-state index contributed by atoms with van der Waals surface area (Å²) in [5.74, 6) is -1.12. The molecule has 0 bridgehead atoms. The predicted octanol–water partition coefficient (Wildman–Crippen LogP) is 1.85. The van der Waals surface area contributed by atoms with Gasteiger partial charge in [-0.25, -0.2) is 13.2 Å². The van der Waals surface area contributed by atoms with E-state index in [-0.39, 0.29) is 21.1 Å².